The molecule has 1 heterocycles. The van der Waals surface area contributed by atoms with Gasteiger partial charge >= 0.3 is 0 Å². The van der Waals surface area contributed by atoms with Gasteiger partial charge in [-0.05, 0) is 30.6 Å². The predicted molar refractivity (Wildman–Crippen MR) is 81.5 cm³/mol. The van der Waals surface area contributed by atoms with Crippen LogP contribution < -0.4 is 11.1 Å². The van der Waals surface area contributed by atoms with Crippen molar-refractivity contribution in [3.63, 3.8) is 0 Å². The number of nitrogens with one attached hydrogen (secondary N) is 1. The van der Waals surface area contributed by atoms with Gasteiger partial charge in [0, 0.05) is 11.3 Å². The Bertz CT molecular complexity index is 557. The zero-order valence-corrected chi connectivity index (χ0v) is 12.0. The van der Waals surface area contributed by atoms with Crippen molar-refractivity contribution in [2.45, 2.75) is 12.5 Å². The van der Waals surface area contributed by atoms with Gasteiger partial charge in [0.05, 0.1) is 12.2 Å². The Morgan fingerprint density at radius 2 is 2.40 bits per heavy atom. The van der Waals surface area contributed by atoms with Crippen LogP contribution in [-0.2, 0) is 4.79 Å². The molecule has 0 unspecified atom stereocenters. The Hall–Kier alpha value is -1.79. The van der Waals surface area contributed by atoms with E-state index in [-0.39, 0.29) is 5.91 Å². The summed E-state index contributed by atoms with van der Waals surface area (Å²) < 4.78 is 5.23. The van der Waals surface area contributed by atoms with Crippen molar-refractivity contribution in [3.05, 3.63) is 36.9 Å². The van der Waals surface area contributed by atoms with E-state index in [4.69, 9.17) is 10.2 Å². The van der Waals surface area contributed by atoms with Crippen LogP contribution in [0.2, 0.25) is 0 Å². The summed E-state index contributed by atoms with van der Waals surface area (Å²) in [7, 11) is 0. The summed E-state index contributed by atoms with van der Waals surface area (Å²) in [6.45, 7) is 0. The first-order chi connectivity index (χ1) is 9.70. The molecule has 20 heavy (non-hydrogen) atoms. The number of hydrogen-bond acceptors (Lipinski definition) is 5. The van der Waals surface area contributed by atoms with Crippen LogP contribution in [-0.4, -0.2) is 28.9 Å². The van der Waals surface area contributed by atoms with Gasteiger partial charge in [0.25, 0.3) is 0 Å². The number of rotatable bonds is 6. The number of hydrogen-bond donors (Lipinski definition) is 2. The lowest BCUT2D eigenvalue weighted by Crippen LogP contribution is -2.36. The zero-order valence-electron chi connectivity index (χ0n) is 11.2. The molecule has 0 aliphatic heterocycles. The van der Waals surface area contributed by atoms with Gasteiger partial charge in [0.15, 0.2) is 12.2 Å². The molecule has 3 N–H and O–H groups in total. The third-order valence-electron chi connectivity index (χ3n) is 2.82. The molecule has 106 valence electrons. The van der Waals surface area contributed by atoms with Crippen LogP contribution in [0.4, 0.5) is 5.69 Å². The van der Waals surface area contributed by atoms with Crippen molar-refractivity contribution in [1.29, 1.82) is 0 Å². The Morgan fingerprint density at radius 3 is 3.10 bits per heavy atom. The smallest absolute Gasteiger partial charge is 0.241 e. The summed E-state index contributed by atoms with van der Waals surface area (Å²) in [6, 6.07) is 6.90. The lowest BCUT2D eigenvalue weighted by Gasteiger charge is -2.12. The molecule has 0 bridgehead atoms. The van der Waals surface area contributed by atoms with Crippen LogP contribution in [0.15, 0.2) is 41.3 Å². The molecule has 0 saturated carbocycles. The van der Waals surface area contributed by atoms with Gasteiger partial charge in [-0.1, -0.05) is 12.1 Å². The molecule has 0 saturated heterocycles. The molecule has 6 heteroatoms. The molecular formula is C14H17N3O2S. The molecule has 0 aliphatic rings. The molecule has 5 nitrogen and oxygen atoms in total. The highest BCUT2D eigenvalue weighted by Crippen LogP contribution is 2.22. The van der Waals surface area contributed by atoms with E-state index in [0.29, 0.717) is 17.9 Å². The molecule has 0 spiro atoms. The predicted octanol–water partition coefficient (Wildman–Crippen LogP) is 2.36. The number of anilines is 1. The molecule has 2 aromatic rings. The minimum absolute atomic E-state index is 0.172. The number of carbonyl (C=O) groups excluding carboxylic acids is 1. The molecule has 1 aromatic carbocycles. The van der Waals surface area contributed by atoms with Crippen molar-refractivity contribution in [2.75, 3.05) is 17.3 Å². The van der Waals surface area contributed by atoms with Crippen LogP contribution in [0.5, 0.6) is 0 Å². The van der Waals surface area contributed by atoms with E-state index < -0.39 is 6.04 Å². The summed E-state index contributed by atoms with van der Waals surface area (Å²) in [6.07, 6.45) is 5.66. The summed E-state index contributed by atoms with van der Waals surface area (Å²) in [5.41, 5.74) is 7.39. The van der Waals surface area contributed by atoms with Gasteiger partial charge in [-0.25, -0.2) is 4.98 Å². The molecule has 1 aromatic heterocycles. The van der Waals surface area contributed by atoms with Gasteiger partial charge in [-0.15, -0.1) is 0 Å². The summed E-state index contributed by atoms with van der Waals surface area (Å²) in [5, 5.41) is 2.82. The van der Waals surface area contributed by atoms with Crippen molar-refractivity contribution >= 4 is 23.4 Å². The number of aromatic nitrogens is 1. The van der Waals surface area contributed by atoms with Crippen LogP contribution in [0, 0.1) is 0 Å². The first kappa shape index (κ1) is 14.6. The quantitative estimate of drug-likeness (QED) is 0.854. The van der Waals surface area contributed by atoms with Crippen molar-refractivity contribution in [3.8, 4) is 11.3 Å². The van der Waals surface area contributed by atoms with Crippen molar-refractivity contribution in [1.82, 2.24) is 4.98 Å². The van der Waals surface area contributed by atoms with Crippen LogP contribution in [0.1, 0.15) is 6.42 Å². The largest absolute Gasteiger partial charge is 0.444 e. The highest BCUT2D eigenvalue weighted by molar-refractivity contribution is 7.98. The fourth-order valence-electron chi connectivity index (χ4n) is 1.72. The Labute approximate surface area is 122 Å². The lowest BCUT2D eigenvalue weighted by molar-refractivity contribution is -0.117. The van der Waals surface area contributed by atoms with E-state index in [9.17, 15) is 4.79 Å². The lowest BCUT2D eigenvalue weighted by atomic mass is 10.1. The number of oxazole rings is 1. The molecule has 0 fully saturated rings. The fraction of sp³-hybridized carbons (Fsp3) is 0.286. The highest BCUT2D eigenvalue weighted by Gasteiger charge is 2.13. The topological polar surface area (TPSA) is 81.2 Å². The Balaban J connectivity index is 2.03. The van der Waals surface area contributed by atoms with Gasteiger partial charge in [-0.2, -0.15) is 11.8 Å². The number of amides is 1. The zero-order chi connectivity index (χ0) is 14.4. The van der Waals surface area contributed by atoms with E-state index in [1.165, 1.54) is 6.39 Å². The van der Waals surface area contributed by atoms with E-state index in [0.717, 1.165) is 11.3 Å². The normalized spacial score (nSPS) is 12.1. The first-order valence-corrected chi connectivity index (χ1v) is 7.64. The highest BCUT2D eigenvalue weighted by atomic mass is 32.2. The van der Waals surface area contributed by atoms with Gasteiger partial charge in [-0.3, -0.25) is 4.79 Å². The second-order valence-corrected chi connectivity index (χ2v) is 5.31. The molecule has 0 radical (unpaired) electrons. The van der Waals surface area contributed by atoms with Crippen molar-refractivity contribution in [2.24, 2.45) is 5.73 Å². The molecular weight excluding hydrogens is 274 g/mol. The third kappa shape index (κ3) is 3.85. The number of benzene rings is 1. The minimum atomic E-state index is -0.489. The molecule has 0 aliphatic carbocycles. The number of nitrogens with zero attached hydrogens (tertiary/aromatic N) is 1. The van der Waals surface area contributed by atoms with Crippen LogP contribution in [0.25, 0.3) is 11.3 Å². The summed E-state index contributed by atoms with van der Waals surface area (Å²) in [5.74, 6) is 1.36. The summed E-state index contributed by atoms with van der Waals surface area (Å²) >= 11 is 1.68. The first-order valence-electron chi connectivity index (χ1n) is 6.25. The average Bonchev–Trinajstić information content (AvgIpc) is 2.99. The fourth-order valence-corrected chi connectivity index (χ4v) is 2.21. The monoisotopic (exact) mass is 291 g/mol. The number of carbonyl (C=O) groups is 1. The molecule has 2 rings (SSSR count). The molecule has 1 atom stereocenters. The van der Waals surface area contributed by atoms with Gasteiger partial charge < -0.3 is 15.5 Å². The SMILES string of the molecule is CSCC[C@H](N)C(=O)Nc1cccc(-c2cnco2)c1. The van der Waals surface area contributed by atoms with Crippen LogP contribution >= 0.6 is 11.8 Å². The van der Waals surface area contributed by atoms with E-state index in [1.54, 1.807) is 18.0 Å². The maximum Gasteiger partial charge on any atom is 0.241 e. The third-order valence-corrected chi connectivity index (χ3v) is 3.46. The van der Waals surface area contributed by atoms with E-state index in [2.05, 4.69) is 10.3 Å². The number of nitrogens with two attached hydrogens (primary N) is 1. The maximum atomic E-state index is 11.9. The second-order valence-electron chi connectivity index (χ2n) is 4.32. The average molecular weight is 291 g/mol. The Morgan fingerprint density at radius 1 is 1.55 bits per heavy atom. The standard InChI is InChI=1S/C14H17N3O2S/c1-20-6-5-12(15)14(18)17-11-4-2-3-10(7-11)13-8-16-9-19-13/h2-4,7-9,12H,5-6,15H2,1H3,(H,17,18)/t12-/m0/s1. The minimum Gasteiger partial charge on any atom is -0.444 e. The van der Waals surface area contributed by atoms with Gasteiger partial charge in [0.2, 0.25) is 5.91 Å². The van der Waals surface area contributed by atoms with E-state index in [1.807, 2.05) is 30.5 Å². The van der Waals surface area contributed by atoms with E-state index >= 15 is 0 Å². The van der Waals surface area contributed by atoms with Crippen molar-refractivity contribution < 1.29 is 9.21 Å². The van der Waals surface area contributed by atoms with Crippen LogP contribution in [0.3, 0.4) is 0 Å². The Kier molecular flexibility index (Phi) is 5.20. The van der Waals surface area contributed by atoms with Gasteiger partial charge in [0.1, 0.15) is 0 Å². The number of thioether (sulfide) groups is 1. The molecule has 1 amide bonds. The maximum absolute atomic E-state index is 11.9. The second kappa shape index (κ2) is 7.12. The summed E-state index contributed by atoms with van der Waals surface area (Å²) in [4.78, 5) is 15.8.